The first-order valence-corrected chi connectivity index (χ1v) is 12.9. The van der Waals surface area contributed by atoms with Crippen molar-refractivity contribution in [2.45, 2.75) is 26.5 Å². The normalized spacial score (nSPS) is 14.5. The third kappa shape index (κ3) is 5.09. The van der Waals surface area contributed by atoms with Gasteiger partial charge in [0.05, 0.1) is 17.2 Å². The van der Waals surface area contributed by atoms with Crippen molar-refractivity contribution < 1.29 is 14.3 Å². The van der Waals surface area contributed by atoms with Gasteiger partial charge in [0.1, 0.15) is 12.6 Å². The number of ether oxygens (including phenoxy) is 2. The second-order valence-corrected chi connectivity index (χ2v) is 10.0. The molecule has 9 nitrogen and oxygen atoms in total. The molecule has 194 valence electrons. The number of benzene rings is 3. The van der Waals surface area contributed by atoms with Crippen LogP contribution in [0.15, 0.2) is 76.4 Å². The van der Waals surface area contributed by atoms with Gasteiger partial charge in [-0.3, -0.25) is 4.79 Å². The van der Waals surface area contributed by atoms with Gasteiger partial charge in [-0.15, -0.1) is 0 Å². The minimum atomic E-state index is -0.624. The van der Waals surface area contributed by atoms with Gasteiger partial charge in [-0.05, 0) is 87.2 Å². The summed E-state index contributed by atoms with van der Waals surface area (Å²) in [6.45, 7) is 4.09. The number of aryl methyl sites for hydroxylation is 1. The molecule has 0 saturated carbocycles. The number of halogens is 2. The highest BCUT2D eigenvalue weighted by molar-refractivity contribution is 9.10. The third-order valence-corrected chi connectivity index (χ3v) is 7.06. The fourth-order valence-electron chi connectivity index (χ4n) is 4.29. The molecule has 0 bridgehead atoms. The zero-order valence-corrected chi connectivity index (χ0v) is 23.2. The van der Waals surface area contributed by atoms with E-state index in [-0.39, 0.29) is 5.91 Å². The minimum Gasteiger partial charge on any atom is -0.493 e. The molecule has 0 aliphatic carbocycles. The number of hydrogen-bond acceptors (Lipinski definition) is 7. The highest BCUT2D eigenvalue weighted by atomic mass is 79.9. The number of anilines is 2. The third-order valence-electron chi connectivity index (χ3n) is 6.22. The second kappa shape index (κ2) is 10.8. The Morgan fingerprint density at radius 1 is 1.16 bits per heavy atom. The SMILES string of the molecule is COc1cc(C2C(C(=O)Nc3ccccc3C)=C(C)Nc3nnnn32)cc(Br)c1OCc1ccc(Cl)cc1. The summed E-state index contributed by atoms with van der Waals surface area (Å²) in [6, 6.07) is 18.1. The van der Waals surface area contributed by atoms with Gasteiger partial charge in [-0.1, -0.05) is 47.0 Å². The zero-order valence-electron chi connectivity index (χ0n) is 20.8. The van der Waals surface area contributed by atoms with Crippen LogP contribution in [0, 0.1) is 6.92 Å². The van der Waals surface area contributed by atoms with Gasteiger partial charge in [-0.2, -0.15) is 4.68 Å². The molecule has 0 saturated heterocycles. The van der Waals surface area contributed by atoms with Gasteiger partial charge in [0.2, 0.25) is 5.95 Å². The van der Waals surface area contributed by atoms with E-state index in [2.05, 4.69) is 42.1 Å². The van der Waals surface area contributed by atoms with Gasteiger partial charge >= 0.3 is 0 Å². The number of allylic oxidation sites excluding steroid dienone is 1. The van der Waals surface area contributed by atoms with Crippen LogP contribution in [0.25, 0.3) is 0 Å². The smallest absolute Gasteiger partial charge is 0.255 e. The molecule has 5 rings (SSSR count). The van der Waals surface area contributed by atoms with E-state index < -0.39 is 6.04 Å². The van der Waals surface area contributed by atoms with Gasteiger partial charge in [0.15, 0.2) is 11.5 Å². The summed E-state index contributed by atoms with van der Waals surface area (Å²) in [4.78, 5) is 13.7. The van der Waals surface area contributed by atoms with Crippen LogP contribution >= 0.6 is 27.5 Å². The summed E-state index contributed by atoms with van der Waals surface area (Å²) in [5.74, 6) is 1.18. The molecule has 4 aromatic rings. The summed E-state index contributed by atoms with van der Waals surface area (Å²) in [7, 11) is 1.57. The van der Waals surface area contributed by atoms with Crippen molar-refractivity contribution in [1.82, 2.24) is 20.2 Å². The molecule has 1 atom stereocenters. The molecule has 1 aliphatic rings. The largest absolute Gasteiger partial charge is 0.493 e. The molecule has 0 spiro atoms. The maximum absolute atomic E-state index is 13.7. The number of methoxy groups -OCH3 is 1. The van der Waals surface area contributed by atoms with Gasteiger partial charge in [-0.25, -0.2) is 0 Å². The Morgan fingerprint density at radius 2 is 1.92 bits per heavy atom. The van der Waals surface area contributed by atoms with Gasteiger partial charge in [0.25, 0.3) is 5.91 Å². The Morgan fingerprint density at radius 3 is 2.66 bits per heavy atom. The molecule has 1 aromatic heterocycles. The van der Waals surface area contributed by atoms with E-state index in [0.717, 1.165) is 22.4 Å². The minimum absolute atomic E-state index is 0.270. The molecule has 1 amide bonds. The highest BCUT2D eigenvalue weighted by Crippen LogP contribution is 2.43. The number of fused-ring (bicyclic) bond motifs is 1. The quantitative estimate of drug-likeness (QED) is 0.274. The number of carbonyl (C=O) groups excluding carboxylic acids is 1. The van der Waals surface area contributed by atoms with E-state index in [1.165, 1.54) is 0 Å². The van der Waals surface area contributed by atoms with Crippen LogP contribution in [-0.2, 0) is 11.4 Å². The van der Waals surface area contributed by atoms with E-state index in [1.807, 2.05) is 74.5 Å². The number of carbonyl (C=O) groups is 1. The number of nitrogens with zero attached hydrogens (tertiary/aromatic N) is 4. The Hall–Kier alpha value is -3.89. The van der Waals surface area contributed by atoms with E-state index in [4.69, 9.17) is 21.1 Å². The summed E-state index contributed by atoms with van der Waals surface area (Å²) >= 11 is 9.63. The fourth-order valence-corrected chi connectivity index (χ4v) is 4.99. The van der Waals surface area contributed by atoms with Crippen LogP contribution in [0.5, 0.6) is 11.5 Å². The van der Waals surface area contributed by atoms with Crippen LogP contribution in [0.1, 0.15) is 29.7 Å². The monoisotopic (exact) mass is 594 g/mol. The van der Waals surface area contributed by atoms with Crippen molar-refractivity contribution in [2.24, 2.45) is 0 Å². The Kier molecular flexibility index (Phi) is 7.35. The lowest BCUT2D eigenvalue weighted by molar-refractivity contribution is -0.113. The van der Waals surface area contributed by atoms with Crippen molar-refractivity contribution in [3.8, 4) is 11.5 Å². The number of rotatable bonds is 7. The van der Waals surface area contributed by atoms with Crippen molar-refractivity contribution in [3.05, 3.63) is 98.1 Å². The van der Waals surface area contributed by atoms with Crippen LogP contribution in [0.2, 0.25) is 5.02 Å². The summed E-state index contributed by atoms with van der Waals surface area (Å²) < 4.78 is 14.0. The summed E-state index contributed by atoms with van der Waals surface area (Å²) in [6.07, 6.45) is 0. The maximum atomic E-state index is 13.7. The van der Waals surface area contributed by atoms with Crippen molar-refractivity contribution in [1.29, 1.82) is 0 Å². The van der Waals surface area contributed by atoms with Gasteiger partial charge < -0.3 is 20.1 Å². The molecule has 1 unspecified atom stereocenters. The highest BCUT2D eigenvalue weighted by Gasteiger charge is 2.35. The molecular formula is C27H24BrClN6O3. The number of hydrogen-bond donors (Lipinski definition) is 2. The lowest BCUT2D eigenvalue weighted by Gasteiger charge is -2.28. The van der Waals surface area contributed by atoms with Crippen molar-refractivity contribution in [3.63, 3.8) is 0 Å². The maximum Gasteiger partial charge on any atom is 0.255 e. The summed E-state index contributed by atoms with van der Waals surface area (Å²) in [5, 5.41) is 18.9. The number of tetrazole rings is 1. The number of amides is 1. The standard InChI is InChI=1S/C27H24BrClN6O3/c1-15-6-4-5-7-21(15)31-26(36)23-16(2)30-27-32-33-34-35(27)24(23)18-12-20(28)25(22(13-18)37-3)38-14-17-8-10-19(29)11-9-17/h4-13,24H,14H2,1-3H3,(H,31,36)(H,30,32,34). The van der Waals surface area contributed by atoms with E-state index in [9.17, 15) is 4.79 Å². The van der Waals surface area contributed by atoms with Crippen LogP contribution in [0.3, 0.4) is 0 Å². The predicted molar refractivity (Wildman–Crippen MR) is 149 cm³/mol. The number of para-hydroxylation sites is 1. The average molecular weight is 596 g/mol. The second-order valence-electron chi connectivity index (χ2n) is 8.73. The number of aromatic nitrogens is 4. The van der Waals surface area contributed by atoms with Gasteiger partial charge in [0, 0.05) is 16.4 Å². The molecule has 38 heavy (non-hydrogen) atoms. The van der Waals surface area contributed by atoms with E-state index in [1.54, 1.807) is 11.8 Å². The van der Waals surface area contributed by atoms with Crippen LogP contribution in [-0.4, -0.2) is 33.2 Å². The molecular weight excluding hydrogens is 572 g/mol. The Labute approximate surface area is 232 Å². The van der Waals surface area contributed by atoms with Crippen molar-refractivity contribution >= 4 is 45.1 Å². The molecule has 0 fully saturated rings. The predicted octanol–water partition coefficient (Wildman–Crippen LogP) is 5.91. The topological polar surface area (TPSA) is 103 Å². The van der Waals surface area contributed by atoms with Crippen LogP contribution < -0.4 is 20.1 Å². The van der Waals surface area contributed by atoms with E-state index >= 15 is 0 Å². The van der Waals surface area contributed by atoms with Crippen LogP contribution in [0.4, 0.5) is 11.6 Å². The molecule has 2 N–H and O–H groups in total. The summed E-state index contributed by atoms with van der Waals surface area (Å²) in [5.41, 5.74) is 4.48. The molecule has 3 aromatic carbocycles. The number of nitrogens with one attached hydrogen (secondary N) is 2. The molecule has 2 heterocycles. The fraction of sp³-hybridized carbons (Fsp3) is 0.185. The lowest BCUT2D eigenvalue weighted by Crippen LogP contribution is -2.31. The van der Waals surface area contributed by atoms with E-state index in [0.29, 0.717) is 44.8 Å². The Balaban J connectivity index is 1.51. The Bertz CT molecular complexity index is 1540. The molecule has 0 radical (unpaired) electrons. The first-order chi connectivity index (χ1) is 18.4. The molecule has 11 heteroatoms. The average Bonchev–Trinajstić information content (AvgIpc) is 3.37. The first kappa shape index (κ1) is 25.7. The zero-order chi connectivity index (χ0) is 26.8. The lowest BCUT2D eigenvalue weighted by atomic mass is 9.94. The van der Waals surface area contributed by atoms with Crippen molar-refractivity contribution in [2.75, 3.05) is 17.7 Å². The first-order valence-electron chi connectivity index (χ1n) is 11.7. The molecule has 1 aliphatic heterocycles.